The van der Waals surface area contributed by atoms with Gasteiger partial charge in [0.25, 0.3) is 0 Å². The summed E-state index contributed by atoms with van der Waals surface area (Å²) in [4.78, 5) is 19.3. The van der Waals surface area contributed by atoms with Gasteiger partial charge in [-0.05, 0) is 11.6 Å². The number of nitrogens with one attached hydrogen (secondary N) is 2. The molecule has 0 aromatic carbocycles. The highest BCUT2D eigenvalue weighted by Crippen LogP contribution is 2.27. The summed E-state index contributed by atoms with van der Waals surface area (Å²) >= 11 is 6.61. The van der Waals surface area contributed by atoms with Gasteiger partial charge in [-0.3, -0.25) is 0 Å². The minimum atomic E-state index is 0. The van der Waals surface area contributed by atoms with Gasteiger partial charge in [0.1, 0.15) is 52.4 Å². The minimum absolute atomic E-state index is 0. The lowest BCUT2D eigenvalue weighted by Crippen LogP contribution is -3.00. The van der Waals surface area contributed by atoms with Crippen molar-refractivity contribution in [2.24, 2.45) is 0 Å². The average Bonchev–Trinajstić information content (AvgIpc) is 3.56. The van der Waals surface area contributed by atoms with Crippen LogP contribution in [0.1, 0.15) is 25.7 Å². The molecule has 0 radical (unpaired) electrons. The lowest BCUT2D eigenvalue weighted by atomic mass is 10.1. The highest BCUT2D eigenvalue weighted by atomic mass is 79.9. The van der Waals surface area contributed by atoms with E-state index in [0.29, 0.717) is 5.28 Å². The van der Waals surface area contributed by atoms with Crippen LogP contribution in [0.15, 0.2) is 0 Å². The lowest BCUT2D eigenvalue weighted by molar-refractivity contribution is -1.03. The first kappa shape index (κ1) is 42.0. The van der Waals surface area contributed by atoms with E-state index in [1.54, 1.807) is 0 Å². The third kappa shape index (κ3) is 9.92. The smallest absolute Gasteiger partial charge is 0.231 e. The van der Waals surface area contributed by atoms with Gasteiger partial charge in [0.05, 0.1) is 65.4 Å². The maximum Gasteiger partial charge on any atom is 0.231 e. The van der Waals surface area contributed by atoms with Gasteiger partial charge < -0.3 is 106 Å². The zero-order chi connectivity index (χ0) is 29.2. The second-order valence-electron chi connectivity index (χ2n) is 15.0. The van der Waals surface area contributed by atoms with Crippen molar-refractivity contribution in [2.75, 3.05) is 167 Å². The molecule has 2 N–H and O–H groups in total. The molecule has 1 aromatic heterocycles. The Bertz CT molecular complexity index is 1000. The van der Waals surface area contributed by atoms with E-state index in [2.05, 4.69) is 30.4 Å². The van der Waals surface area contributed by atoms with Crippen molar-refractivity contribution in [1.29, 1.82) is 0 Å². The Morgan fingerprint density at radius 1 is 0.404 bits per heavy atom. The van der Waals surface area contributed by atoms with Gasteiger partial charge >= 0.3 is 0 Å². The molecule has 0 unspecified atom stereocenters. The maximum atomic E-state index is 6.61. The molecule has 0 bridgehead atoms. The normalized spacial score (nSPS) is 34.9. The fraction of sp³-hybridized carbons (Fsp3) is 0.903. The number of hydrogen-bond acceptors (Lipinski definition) is 7. The zero-order valence-electron chi connectivity index (χ0n) is 28.2. The average molecular weight is 940 g/mol. The fourth-order valence-electron chi connectivity index (χ4n) is 9.44. The molecule has 7 heterocycles. The first-order chi connectivity index (χ1) is 21.0. The Balaban J connectivity index is 0.00000150. The van der Waals surface area contributed by atoms with E-state index in [-0.39, 0.29) is 67.9 Å². The van der Waals surface area contributed by atoms with Crippen LogP contribution in [0.2, 0.25) is 5.28 Å². The van der Waals surface area contributed by atoms with Crippen molar-refractivity contribution in [2.45, 2.75) is 25.7 Å². The zero-order valence-corrected chi connectivity index (χ0v) is 35.3. The molecular weight excluding hydrogens is 881 g/mol. The maximum absolute atomic E-state index is 6.61. The third-order valence-electron chi connectivity index (χ3n) is 12.7. The quantitative estimate of drug-likeness (QED) is 0.286. The number of aromatic nitrogens is 3. The summed E-state index contributed by atoms with van der Waals surface area (Å²) in [6.45, 7) is 29.8. The first-order valence-corrected chi connectivity index (χ1v) is 18.1. The fourth-order valence-corrected chi connectivity index (χ4v) is 9.59. The molecule has 16 heteroatoms. The number of rotatable bonds is 2. The number of hydrogen-bond donors (Lipinski definition) is 2. The molecule has 6 aliphatic rings. The molecule has 0 atom stereocenters. The van der Waals surface area contributed by atoms with Gasteiger partial charge in [-0.25, -0.2) is 0 Å². The third-order valence-corrected chi connectivity index (χ3v) is 12.8. The van der Waals surface area contributed by atoms with E-state index in [0.717, 1.165) is 38.1 Å². The van der Waals surface area contributed by atoms with Crippen molar-refractivity contribution in [3.63, 3.8) is 0 Å². The standard InChI is InChI=1S/C31H58ClN11.4BrH/c32-29-35-30(38-9-3-15-42(19-11-38)25-21-40(22-26-42)13-1-5-33-7-17-40)37-31(36-29)39-10-4-16-43(20-12-39)27-23-41(24-28-43)14-2-6-34-8-18-41;;;;/h33-34H,1-28H2;4*1H/q+4;;;;/p-4. The Hall–Kier alpha value is 0.580. The van der Waals surface area contributed by atoms with Crippen LogP contribution in [0.5, 0.6) is 0 Å². The largest absolute Gasteiger partial charge is 1.00 e. The van der Waals surface area contributed by atoms with Gasteiger partial charge in [-0.2, -0.15) is 15.0 Å². The van der Waals surface area contributed by atoms with Crippen LogP contribution in [0.3, 0.4) is 0 Å². The minimum Gasteiger partial charge on any atom is -1.00 e. The molecular formula is C31H58Br4ClN11. The summed E-state index contributed by atoms with van der Waals surface area (Å²) < 4.78 is 5.24. The summed E-state index contributed by atoms with van der Waals surface area (Å²) in [5.74, 6) is 1.59. The molecule has 6 fully saturated rings. The Kier molecular flexibility index (Phi) is 16.4. The van der Waals surface area contributed by atoms with Crippen LogP contribution in [-0.2, 0) is 0 Å². The van der Waals surface area contributed by atoms with Gasteiger partial charge in [-0.15, -0.1) is 0 Å². The predicted molar refractivity (Wildman–Crippen MR) is 172 cm³/mol. The second kappa shape index (κ2) is 18.4. The highest BCUT2D eigenvalue weighted by molar-refractivity contribution is 6.28. The summed E-state index contributed by atoms with van der Waals surface area (Å²) in [6.07, 6.45) is 5.04. The Morgan fingerprint density at radius 2 is 0.766 bits per heavy atom. The van der Waals surface area contributed by atoms with Crippen molar-refractivity contribution in [1.82, 2.24) is 25.6 Å². The molecule has 11 nitrogen and oxygen atoms in total. The van der Waals surface area contributed by atoms with Crippen LogP contribution in [0.25, 0.3) is 0 Å². The van der Waals surface area contributed by atoms with Crippen LogP contribution in [0.4, 0.5) is 11.9 Å². The van der Waals surface area contributed by atoms with Crippen molar-refractivity contribution < 1.29 is 85.9 Å². The molecule has 47 heavy (non-hydrogen) atoms. The van der Waals surface area contributed by atoms with E-state index in [1.165, 1.54) is 175 Å². The molecule has 6 aliphatic heterocycles. The molecule has 1 aromatic rings. The SMILES string of the molecule is Clc1nc(N2CCC[N+]3(CC2)CC[N+]2(CCCNCC2)CC3)nc(N2CCC[N+]3(CC2)CC[N+]2(CCCNCC2)CC3)n1.[Br-].[Br-].[Br-].[Br-]. The Morgan fingerprint density at radius 3 is 1.17 bits per heavy atom. The number of nitrogens with zero attached hydrogens (tertiary/aromatic N) is 9. The number of piperazine rings is 2. The molecule has 0 saturated carbocycles. The molecule has 6 saturated heterocycles. The number of quaternary nitrogens is 4. The molecule has 7 rings (SSSR count). The van der Waals surface area contributed by atoms with Crippen molar-refractivity contribution >= 4 is 23.5 Å². The van der Waals surface area contributed by atoms with Crippen LogP contribution < -0.4 is 88.4 Å². The number of anilines is 2. The van der Waals surface area contributed by atoms with E-state index in [9.17, 15) is 0 Å². The van der Waals surface area contributed by atoms with E-state index in [4.69, 9.17) is 16.6 Å². The van der Waals surface area contributed by atoms with Crippen molar-refractivity contribution in [3.05, 3.63) is 5.28 Å². The Labute approximate surface area is 330 Å². The summed E-state index contributed by atoms with van der Waals surface area (Å²) in [6, 6.07) is 0. The molecule has 0 aliphatic carbocycles. The van der Waals surface area contributed by atoms with E-state index in [1.807, 2.05) is 0 Å². The van der Waals surface area contributed by atoms with Gasteiger partial charge in [-0.1, -0.05) is 0 Å². The van der Waals surface area contributed by atoms with E-state index < -0.39 is 0 Å². The summed E-state index contributed by atoms with van der Waals surface area (Å²) in [5, 5.41) is 7.60. The molecule has 0 amide bonds. The van der Waals surface area contributed by atoms with Gasteiger partial charge in [0.2, 0.25) is 17.2 Å². The topological polar surface area (TPSA) is 69.2 Å². The first-order valence-electron chi connectivity index (χ1n) is 17.7. The molecule has 272 valence electrons. The van der Waals surface area contributed by atoms with Crippen molar-refractivity contribution in [3.8, 4) is 0 Å². The molecule has 4 spiro atoms. The lowest BCUT2D eigenvalue weighted by Gasteiger charge is -2.49. The summed E-state index contributed by atoms with van der Waals surface area (Å²) in [7, 11) is 0. The van der Waals surface area contributed by atoms with Gasteiger partial charge in [0.15, 0.2) is 0 Å². The van der Waals surface area contributed by atoms with Crippen LogP contribution in [0, 0.1) is 0 Å². The van der Waals surface area contributed by atoms with E-state index >= 15 is 0 Å². The highest BCUT2D eigenvalue weighted by Gasteiger charge is 2.44. The van der Waals surface area contributed by atoms with Gasteiger partial charge in [0, 0.05) is 65.0 Å². The summed E-state index contributed by atoms with van der Waals surface area (Å²) in [5.41, 5.74) is 0. The second-order valence-corrected chi connectivity index (χ2v) is 15.4. The number of halogens is 5. The van der Waals surface area contributed by atoms with Crippen LogP contribution in [-0.4, -0.2) is 190 Å². The monoisotopic (exact) mass is 935 g/mol. The predicted octanol–water partition coefficient (Wildman–Crippen LogP) is -11.8. The van der Waals surface area contributed by atoms with Crippen LogP contribution >= 0.6 is 11.6 Å².